The SMILES string of the molecule is COc1ccccc1-n1c(=O)[nH]c2c(C(N)=O)nc(C(C)C)nc21. The molecule has 124 valence electrons. The molecular weight excluding hydrogens is 310 g/mol. The third-order valence-corrected chi connectivity index (χ3v) is 3.63. The van der Waals surface area contributed by atoms with E-state index in [1.54, 1.807) is 24.3 Å². The summed E-state index contributed by atoms with van der Waals surface area (Å²) in [6.07, 6.45) is 0. The minimum Gasteiger partial charge on any atom is -0.495 e. The van der Waals surface area contributed by atoms with Gasteiger partial charge in [-0.2, -0.15) is 0 Å². The molecule has 2 aromatic heterocycles. The third kappa shape index (κ3) is 2.41. The molecular formula is C16H17N5O3. The Morgan fingerprint density at radius 3 is 2.62 bits per heavy atom. The van der Waals surface area contributed by atoms with Gasteiger partial charge in [-0.25, -0.2) is 19.3 Å². The number of carbonyl (C=O) groups excluding carboxylic acids is 1. The number of amides is 1. The molecule has 1 aromatic carbocycles. The largest absolute Gasteiger partial charge is 0.495 e. The number of rotatable bonds is 4. The van der Waals surface area contributed by atoms with Crippen LogP contribution in [-0.4, -0.2) is 32.5 Å². The number of methoxy groups -OCH3 is 1. The minimum atomic E-state index is -0.724. The topological polar surface area (TPSA) is 116 Å². The summed E-state index contributed by atoms with van der Waals surface area (Å²) in [5.41, 5.74) is 5.97. The molecule has 0 spiro atoms. The molecule has 0 saturated heterocycles. The van der Waals surface area contributed by atoms with Crippen molar-refractivity contribution in [2.45, 2.75) is 19.8 Å². The average Bonchev–Trinajstić information content (AvgIpc) is 2.89. The van der Waals surface area contributed by atoms with Gasteiger partial charge in [0, 0.05) is 5.92 Å². The molecule has 24 heavy (non-hydrogen) atoms. The summed E-state index contributed by atoms with van der Waals surface area (Å²) in [4.78, 5) is 35.5. The van der Waals surface area contributed by atoms with Gasteiger partial charge in [-0.15, -0.1) is 0 Å². The predicted octanol–water partition coefficient (Wildman–Crippen LogP) is 1.34. The fourth-order valence-corrected chi connectivity index (χ4v) is 2.48. The second-order valence-electron chi connectivity index (χ2n) is 5.59. The number of aromatic amines is 1. The molecule has 0 aliphatic carbocycles. The van der Waals surface area contributed by atoms with Crippen LogP contribution >= 0.6 is 0 Å². The first-order valence-corrected chi connectivity index (χ1v) is 7.40. The van der Waals surface area contributed by atoms with Gasteiger partial charge in [0.1, 0.15) is 17.1 Å². The first kappa shape index (κ1) is 15.7. The van der Waals surface area contributed by atoms with Crippen LogP contribution in [0.1, 0.15) is 36.1 Å². The Balaban J connectivity index is 2.43. The minimum absolute atomic E-state index is 0.00514. The van der Waals surface area contributed by atoms with Gasteiger partial charge in [0.25, 0.3) is 5.91 Å². The van der Waals surface area contributed by atoms with Crippen LogP contribution in [0.2, 0.25) is 0 Å². The van der Waals surface area contributed by atoms with E-state index in [1.165, 1.54) is 11.7 Å². The van der Waals surface area contributed by atoms with Crippen molar-refractivity contribution < 1.29 is 9.53 Å². The molecule has 1 amide bonds. The van der Waals surface area contributed by atoms with Crippen molar-refractivity contribution in [1.82, 2.24) is 19.5 Å². The standard InChI is InChI=1S/C16H17N5O3/c1-8(2)14-18-11(13(17)22)12-15(20-14)21(16(23)19-12)9-6-4-5-7-10(9)24-3/h4-8H,1-3H3,(H2,17,22)(H,19,23). The zero-order chi connectivity index (χ0) is 17.4. The molecule has 0 bridgehead atoms. The smallest absolute Gasteiger partial charge is 0.332 e. The number of nitrogens with two attached hydrogens (primary N) is 1. The molecule has 0 fully saturated rings. The average molecular weight is 327 g/mol. The molecule has 8 nitrogen and oxygen atoms in total. The summed E-state index contributed by atoms with van der Waals surface area (Å²) in [7, 11) is 1.52. The molecule has 2 heterocycles. The second-order valence-corrected chi connectivity index (χ2v) is 5.59. The Kier molecular flexibility index (Phi) is 3.80. The monoisotopic (exact) mass is 327 g/mol. The number of para-hydroxylation sites is 2. The highest BCUT2D eigenvalue weighted by molar-refractivity contribution is 6.01. The van der Waals surface area contributed by atoms with Crippen LogP contribution in [0.25, 0.3) is 16.9 Å². The summed E-state index contributed by atoms with van der Waals surface area (Å²) in [6, 6.07) is 7.04. The predicted molar refractivity (Wildman–Crippen MR) is 88.6 cm³/mol. The fraction of sp³-hybridized carbons (Fsp3) is 0.250. The van der Waals surface area contributed by atoms with Gasteiger partial charge in [0.15, 0.2) is 11.3 Å². The Hall–Kier alpha value is -3.16. The van der Waals surface area contributed by atoms with Gasteiger partial charge in [-0.3, -0.25) is 4.79 Å². The highest BCUT2D eigenvalue weighted by atomic mass is 16.5. The van der Waals surface area contributed by atoms with Crippen molar-refractivity contribution in [2.24, 2.45) is 5.73 Å². The van der Waals surface area contributed by atoms with Gasteiger partial charge >= 0.3 is 5.69 Å². The van der Waals surface area contributed by atoms with E-state index in [0.717, 1.165) is 0 Å². The Morgan fingerprint density at radius 1 is 1.29 bits per heavy atom. The summed E-state index contributed by atoms with van der Waals surface area (Å²) in [5.74, 6) is 0.172. The molecule has 0 saturated carbocycles. The van der Waals surface area contributed by atoms with E-state index in [1.807, 2.05) is 13.8 Å². The third-order valence-electron chi connectivity index (χ3n) is 3.63. The Labute approximate surface area is 137 Å². The van der Waals surface area contributed by atoms with Crippen molar-refractivity contribution in [3.05, 3.63) is 46.3 Å². The number of benzene rings is 1. The lowest BCUT2D eigenvalue weighted by atomic mass is 10.2. The second kappa shape index (κ2) is 5.80. The number of carbonyl (C=O) groups is 1. The maximum atomic E-state index is 12.5. The van der Waals surface area contributed by atoms with Crippen LogP contribution in [0.5, 0.6) is 5.75 Å². The number of fused-ring (bicyclic) bond motifs is 1. The van der Waals surface area contributed by atoms with Crippen LogP contribution in [-0.2, 0) is 0 Å². The molecule has 3 aromatic rings. The Bertz CT molecular complexity index is 987. The quantitative estimate of drug-likeness (QED) is 0.750. The van der Waals surface area contributed by atoms with Crippen molar-refractivity contribution >= 4 is 17.1 Å². The number of primary amides is 1. The van der Waals surface area contributed by atoms with Gasteiger partial charge in [0.05, 0.1) is 12.8 Å². The van der Waals surface area contributed by atoms with E-state index in [0.29, 0.717) is 17.3 Å². The lowest BCUT2D eigenvalue weighted by Gasteiger charge is -2.10. The van der Waals surface area contributed by atoms with Gasteiger partial charge in [0.2, 0.25) is 0 Å². The summed E-state index contributed by atoms with van der Waals surface area (Å²) < 4.78 is 6.68. The van der Waals surface area contributed by atoms with Gasteiger partial charge in [-0.05, 0) is 12.1 Å². The Morgan fingerprint density at radius 2 is 2.00 bits per heavy atom. The lowest BCUT2D eigenvalue weighted by molar-refractivity contribution is 0.0996. The number of nitrogens with one attached hydrogen (secondary N) is 1. The van der Waals surface area contributed by atoms with Crippen molar-refractivity contribution in [1.29, 1.82) is 0 Å². The highest BCUT2D eigenvalue weighted by Crippen LogP contribution is 2.25. The van der Waals surface area contributed by atoms with E-state index >= 15 is 0 Å². The van der Waals surface area contributed by atoms with Crippen LogP contribution in [0.4, 0.5) is 0 Å². The molecule has 3 N–H and O–H groups in total. The lowest BCUT2D eigenvalue weighted by Crippen LogP contribution is -2.17. The van der Waals surface area contributed by atoms with Crippen LogP contribution < -0.4 is 16.2 Å². The normalized spacial score (nSPS) is 11.2. The maximum absolute atomic E-state index is 12.5. The summed E-state index contributed by atoms with van der Waals surface area (Å²) in [6.45, 7) is 3.79. The number of imidazole rings is 1. The number of ether oxygens (including phenoxy) is 1. The van der Waals surface area contributed by atoms with Gasteiger partial charge < -0.3 is 15.5 Å². The van der Waals surface area contributed by atoms with Crippen LogP contribution in [0.3, 0.4) is 0 Å². The number of hydrogen-bond acceptors (Lipinski definition) is 5. The highest BCUT2D eigenvalue weighted by Gasteiger charge is 2.21. The zero-order valence-electron chi connectivity index (χ0n) is 13.5. The first-order valence-electron chi connectivity index (χ1n) is 7.40. The van der Waals surface area contributed by atoms with Crippen molar-refractivity contribution in [3.63, 3.8) is 0 Å². The number of H-pyrrole nitrogens is 1. The number of aromatic nitrogens is 4. The molecule has 0 atom stereocenters. The molecule has 0 aliphatic rings. The van der Waals surface area contributed by atoms with Crippen molar-refractivity contribution in [2.75, 3.05) is 7.11 Å². The maximum Gasteiger partial charge on any atom is 0.332 e. The van der Waals surface area contributed by atoms with Crippen LogP contribution in [0.15, 0.2) is 29.1 Å². The zero-order valence-corrected chi connectivity index (χ0v) is 13.5. The van der Waals surface area contributed by atoms with E-state index < -0.39 is 11.6 Å². The van der Waals surface area contributed by atoms with Gasteiger partial charge in [-0.1, -0.05) is 26.0 Å². The van der Waals surface area contributed by atoms with Crippen LogP contribution in [0, 0.1) is 0 Å². The van der Waals surface area contributed by atoms with E-state index in [2.05, 4.69) is 15.0 Å². The number of hydrogen-bond donors (Lipinski definition) is 2. The summed E-state index contributed by atoms with van der Waals surface area (Å²) in [5, 5.41) is 0. The first-order chi connectivity index (χ1) is 11.4. The number of nitrogens with zero attached hydrogens (tertiary/aromatic N) is 3. The molecule has 0 radical (unpaired) electrons. The van der Waals surface area contributed by atoms with E-state index in [-0.39, 0.29) is 22.8 Å². The molecule has 8 heteroatoms. The molecule has 3 rings (SSSR count). The molecule has 0 aliphatic heterocycles. The summed E-state index contributed by atoms with van der Waals surface area (Å²) >= 11 is 0. The van der Waals surface area contributed by atoms with E-state index in [4.69, 9.17) is 10.5 Å². The van der Waals surface area contributed by atoms with Crippen molar-refractivity contribution in [3.8, 4) is 11.4 Å². The molecule has 0 unspecified atom stereocenters. The van der Waals surface area contributed by atoms with E-state index in [9.17, 15) is 9.59 Å². The fourth-order valence-electron chi connectivity index (χ4n) is 2.48.